The second kappa shape index (κ2) is 8.27. The van der Waals surface area contributed by atoms with Gasteiger partial charge < -0.3 is 15.1 Å². The third-order valence-corrected chi connectivity index (χ3v) is 4.95. The molecule has 1 aromatic heterocycles. The lowest BCUT2D eigenvalue weighted by atomic mass is 10.0. The van der Waals surface area contributed by atoms with Crippen molar-refractivity contribution < 1.29 is 4.79 Å². The number of benzene rings is 1. The van der Waals surface area contributed by atoms with Crippen molar-refractivity contribution in [1.82, 2.24) is 14.9 Å². The molecule has 0 unspecified atom stereocenters. The highest BCUT2D eigenvalue weighted by Gasteiger charge is 2.18. The SMILES string of the molecule is CCc1cccc(CC)c1NC(=O)c1cc(N2CCN(C)CC2)ncn1. The molecule has 0 spiro atoms. The molecule has 2 aromatic rings. The fourth-order valence-corrected chi connectivity index (χ4v) is 3.26. The molecular weight excluding hydrogens is 326 g/mol. The average molecular weight is 353 g/mol. The number of anilines is 2. The zero-order valence-corrected chi connectivity index (χ0v) is 15.8. The number of carbonyl (C=O) groups excluding carboxylic acids is 1. The molecule has 0 radical (unpaired) electrons. The minimum absolute atomic E-state index is 0.182. The van der Waals surface area contributed by atoms with Gasteiger partial charge in [-0.05, 0) is 31.0 Å². The fourth-order valence-electron chi connectivity index (χ4n) is 3.26. The average Bonchev–Trinajstić information content (AvgIpc) is 2.68. The molecule has 6 nitrogen and oxygen atoms in total. The molecule has 1 N–H and O–H groups in total. The number of carbonyl (C=O) groups is 1. The summed E-state index contributed by atoms with van der Waals surface area (Å²) < 4.78 is 0. The van der Waals surface area contributed by atoms with E-state index in [2.05, 4.69) is 58.1 Å². The molecule has 0 bridgehead atoms. The number of piperazine rings is 1. The monoisotopic (exact) mass is 353 g/mol. The van der Waals surface area contributed by atoms with E-state index in [1.54, 1.807) is 6.07 Å². The van der Waals surface area contributed by atoms with E-state index in [4.69, 9.17) is 0 Å². The van der Waals surface area contributed by atoms with Crippen molar-refractivity contribution in [3.05, 3.63) is 47.4 Å². The lowest BCUT2D eigenvalue weighted by Gasteiger charge is -2.33. The number of hydrogen-bond donors (Lipinski definition) is 1. The summed E-state index contributed by atoms with van der Waals surface area (Å²) in [5.41, 5.74) is 3.61. The molecule has 1 fully saturated rings. The Morgan fingerprint density at radius 1 is 1.08 bits per heavy atom. The summed E-state index contributed by atoms with van der Waals surface area (Å²) in [5, 5.41) is 3.08. The number of likely N-dealkylation sites (N-methyl/N-ethyl adjacent to an activating group) is 1. The molecule has 26 heavy (non-hydrogen) atoms. The number of nitrogens with one attached hydrogen (secondary N) is 1. The number of rotatable bonds is 5. The van der Waals surface area contributed by atoms with E-state index in [1.165, 1.54) is 6.33 Å². The van der Waals surface area contributed by atoms with Gasteiger partial charge in [0.2, 0.25) is 0 Å². The molecule has 1 aliphatic heterocycles. The van der Waals surface area contributed by atoms with Crippen LogP contribution in [-0.2, 0) is 12.8 Å². The molecule has 1 aromatic carbocycles. The van der Waals surface area contributed by atoms with Crippen molar-refractivity contribution >= 4 is 17.4 Å². The maximum Gasteiger partial charge on any atom is 0.274 e. The molecular formula is C20H27N5O. The lowest BCUT2D eigenvalue weighted by Crippen LogP contribution is -2.44. The van der Waals surface area contributed by atoms with Gasteiger partial charge in [-0.1, -0.05) is 32.0 Å². The Labute approximate surface area is 155 Å². The van der Waals surface area contributed by atoms with Crippen molar-refractivity contribution in [2.75, 3.05) is 43.4 Å². The number of aryl methyl sites for hydroxylation is 2. The van der Waals surface area contributed by atoms with Crippen LogP contribution in [0.5, 0.6) is 0 Å². The predicted molar refractivity (Wildman–Crippen MR) is 105 cm³/mol. The van der Waals surface area contributed by atoms with Crippen molar-refractivity contribution in [3.8, 4) is 0 Å². The highest BCUT2D eigenvalue weighted by molar-refractivity contribution is 6.04. The Balaban J connectivity index is 1.80. The first-order valence-electron chi connectivity index (χ1n) is 9.30. The number of para-hydroxylation sites is 1. The molecule has 0 saturated carbocycles. The maximum absolute atomic E-state index is 12.8. The molecule has 1 amide bonds. The number of hydrogen-bond acceptors (Lipinski definition) is 5. The Bertz CT molecular complexity index is 746. The quantitative estimate of drug-likeness (QED) is 0.895. The molecule has 138 valence electrons. The maximum atomic E-state index is 12.8. The molecule has 1 aliphatic rings. The largest absolute Gasteiger partial charge is 0.354 e. The Morgan fingerprint density at radius 2 is 1.73 bits per heavy atom. The minimum atomic E-state index is -0.182. The highest BCUT2D eigenvalue weighted by Crippen LogP contribution is 2.23. The normalized spacial score (nSPS) is 15.1. The van der Waals surface area contributed by atoms with Gasteiger partial charge in [-0.15, -0.1) is 0 Å². The van der Waals surface area contributed by atoms with E-state index in [0.29, 0.717) is 5.69 Å². The molecule has 3 rings (SSSR count). The van der Waals surface area contributed by atoms with Gasteiger partial charge in [0.1, 0.15) is 17.8 Å². The number of nitrogens with zero attached hydrogens (tertiary/aromatic N) is 4. The topological polar surface area (TPSA) is 61.4 Å². The van der Waals surface area contributed by atoms with Gasteiger partial charge >= 0.3 is 0 Å². The van der Waals surface area contributed by atoms with Crippen LogP contribution in [0, 0.1) is 0 Å². The van der Waals surface area contributed by atoms with Crippen molar-refractivity contribution in [2.24, 2.45) is 0 Å². The number of aromatic nitrogens is 2. The van der Waals surface area contributed by atoms with Crippen LogP contribution in [0.1, 0.15) is 35.5 Å². The van der Waals surface area contributed by atoms with Crippen LogP contribution in [0.15, 0.2) is 30.6 Å². The van der Waals surface area contributed by atoms with Gasteiger partial charge in [0, 0.05) is 37.9 Å². The molecule has 0 atom stereocenters. The van der Waals surface area contributed by atoms with E-state index in [1.807, 2.05) is 6.07 Å². The van der Waals surface area contributed by atoms with E-state index < -0.39 is 0 Å². The summed E-state index contributed by atoms with van der Waals surface area (Å²) in [6.45, 7) is 8.01. The zero-order chi connectivity index (χ0) is 18.5. The number of amides is 1. The minimum Gasteiger partial charge on any atom is -0.354 e. The zero-order valence-electron chi connectivity index (χ0n) is 15.8. The van der Waals surface area contributed by atoms with Gasteiger partial charge in [0.15, 0.2) is 0 Å². The van der Waals surface area contributed by atoms with E-state index in [0.717, 1.165) is 61.7 Å². The summed E-state index contributed by atoms with van der Waals surface area (Å²) >= 11 is 0. The Morgan fingerprint density at radius 3 is 2.35 bits per heavy atom. The molecule has 2 heterocycles. The first-order valence-corrected chi connectivity index (χ1v) is 9.30. The summed E-state index contributed by atoms with van der Waals surface area (Å²) in [4.78, 5) is 25.9. The Kier molecular flexibility index (Phi) is 5.83. The van der Waals surface area contributed by atoms with Crippen molar-refractivity contribution in [3.63, 3.8) is 0 Å². The Hall–Kier alpha value is -2.47. The fraction of sp³-hybridized carbons (Fsp3) is 0.450. The molecule has 1 saturated heterocycles. The van der Waals surface area contributed by atoms with Gasteiger partial charge in [-0.3, -0.25) is 4.79 Å². The van der Waals surface area contributed by atoms with Crippen LogP contribution in [-0.4, -0.2) is 54.0 Å². The molecule has 0 aliphatic carbocycles. The predicted octanol–water partition coefficient (Wildman–Crippen LogP) is 2.61. The van der Waals surface area contributed by atoms with Crippen molar-refractivity contribution in [2.45, 2.75) is 26.7 Å². The standard InChI is InChI=1S/C20H27N5O/c1-4-15-7-6-8-16(5-2)19(15)23-20(26)17-13-18(22-14-21-17)25-11-9-24(3)10-12-25/h6-8,13-14H,4-5,9-12H2,1-3H3,(H,23,26). The summed E-state index contributed by atoms with van der Waals surface area (Å²) in [5.74, 6) is 0.635. The summed E-state index contributed by atoms with van der Waals surface area (Å²) in [7, 11) is 2.12. The van der Waals surface area contributed by atoms with E-state index in [-0.39, 0.29) is 5.91 Å². The second-order valence-corrected chi connectivity index (χ2v) is 6.66. The smallest absolute Gasteiger partial charge is 0.274 e. The first-order chi connectivity index (χ1) is 12.6. The van der Waals surface area contributed by atoms with Gasteiger partial charge in [0.05, 0.1) is 0 Å². The lowest BCUT2D eigenvalue weighted by molar-refractivity contribution is 0.102. The second-order valence-electron chi connectivity index (χ2n) is 6.66. The van der Waals surface area contributed by atoms with Gasteiger partial charge in [-0.25, -0.2) is 9.97 Å². The van der Waals surface area contributed by atoms with Crippen LogP contribution < -0.4 is 10.2 Å². The third-order valence-electron chi connectivity index (χ3n) is 4.95. The van der Waals surface area contributed by atoms with Crippen LogP contribution in [0.4, 0.5) is 11.5 Å². The van der Waals surface area contributed by atoms with Gasteiger partial charge in [0.25, 0.3) is 5.91 Å². The van der Waals surface area contributed by atoms with Crippen LogP contribution in [0.25, 0.3) is 0 Å². The van der Waals surface area contributed by atoms with Crippen LogP contribution in [0.3, 0.4) is 0 Å². The summed E-state index contributed by atoms with van der Waals surface area (Å²) in [6, 6.07) is 7.96. The van der Waals surface area contributed by atoms with Crippen LogP contribution >= 0.6 is 0 Å². The first kappa shape index (κ1) is 18.3. The van der Waals surface area contributed by atoms with Gasteiger partial charge in [-0.2, -0.15) is 0 Å². The molecule has 6 heteroatoms. The van der Waals surface area contributed by atoms with Crippen LogP contribution in [0.2, 0.25) is 0 Å². The third kappa shape index (κ3) is 4.02. The summed E-state index contributed by atoms with van der Waals surface area (Å²) in [6.07, 6.45) is 3.23. The van der Waals surface area contributed by atoms with E-state index in [9.17, 15) is 4.79 Å². The van der Waals surface area contributed by atoms with Crippen molar-refractivity contribution in [1.29, 1.82) is 0 Å². The van der Waals surface area contributed by atoms with E-state index >= 15 is 0 Å². The highest BCUT2D eigenvalue weighted by atomic mass is 16.1.